The van der Waals surface area contributed by atoms with E-state index in [1.54, 1.807) is 23.1 Å². The van der Waals surface area contributed by atoms with E-state index in [9.17, 15) is 9.59 Å². The molecule has 7 heteroatoms. The Morgan fingerprint density at radius 2 is 1.63 bits per heavy atom. The third-order valence-corrected chi connectivity index (χ3v) is 7.48. The van der Waals surface area contributed by atoms with Gasteiger partial charge in [0.25, 0.3) is 11.8 Å². The number of hydrogen-bond donors (Lipinski definition) is 1. The number of carbonyl (C=O) groups excluding carboxylic acids is 2. The Morgan fingerprint density at radius 1 is 0.895 bits per heavy atom. The zero-order valence-corrected chi connectivity index (χ0v) is 23.0. The molecule has 2 heterocycles. The Kier molecular flexibility index (Phi) is 7.08. The fourth-order valence-corrected chi connectivity index (χ4v) is 4.83. The van der Waals surface area contributed by atoms with Gasteiger partial charge in [-0.05, 0) is 59.5 Å². The van der Waals surface area contributed by atoms with Crippen LogP contribution in [0.3, 0.4) is 0 Å². The van der Waals surface area contributed by atoms with Crippen LogP contribution in [0.25, 0.3) is 11.3 Å². The van der Waals surface area contributed by atoms with Crippen molar-refractivity contribution < 1.29 is 14.0 Å². The molecule has 1 aromatic heterocycles. The first-order valence-electron chi connectivity index (χ1n) is 12.5. The van der Waals surface area contributed by atoms with Gasteiger partial charge in [-0.15, -0.1) is 0 Å². The molecule has 0 unspecified atom stereocenters. The average Bonchev–Trinajstić information content (AvgIpc) is 3.33. The lowest BCUT2D eigenvalue weighted by atomic mass is 9.87. The molecular formula is C31H28Cl2N2O3. The number of carbonyl (C=O) groups is 2. The molecule has 194 valence electrons. The van der Waals surface area contributed by atoms with E-state index >= 15 is 0 Å². The molecule has 0 spiro atoms. The van der Waals surface area contributed by atoms with Gasteiger partial charge in [-0.25, -0.2) is 0 Å². The van der Waals surface area contributed by atoms with Gasteiger partial charge in [0, 0.05) is 47.5 Å². The van der Waals surface area contributed by atoms with Crippen LogP contribution in [-0.4, -0.2) is 23.3 Å². The number of nitrogens with zero attached hydrogens (tertiary/aromatic N) is 1. The molecule has 0 aliphatic carbocycles. The van der Waals surface area contributed by atoms with Crippen LogP contribution < -0.4 is 5.32 Å². The second-order valence-corrected chi connectivity index (χ2v) is 11.3. The van der Waals surface area contributed by atoms with E-state index in [0.29, 0.717) is 52.1 Å². The molecule has 3 aromatic carbocycles. The molecule has 1 N–H and O–H groups in total. The number of fused-ring (bicyclic) bond motifs is 1. The van der Waals surface area contributed by atoms with Gasteiger partial charge in [0.05, 0.1) is 10.0 Å². The number of benzene rings is 3. The Bertz CT molecular complexity index is 1520. The maximum atomic E-state index is 13.0. The quantitative estimate of drug-likeness (QED) is 0.282. The highest BCUT2D eigenvalue weighted by Gasteiger charge is 2.26. The van der Waals surface area contributed by atoms with Crippen molar-refractivity contribution in [2.75, 3.05) is 11.9 Å². The summed E-state index contributed by atoms with van der Waals surface area (Å²) in [5.41, 5.74) is 4.80. The number of furan rings is 1. The highest BCUT2D eigenvalue weighted by molar-refractivity contribution is 6.42. The van der Waals surface area contributed by atoms with Gasteiger partial charge in [0.1, 0.15) is 11.5 Å². The monoisotopic (exact) mass is 546 g/mol. The van der Waals surface area contributed by atoms with Crippen molar-refractivity contribution in [3.05, 3.63) is 111 Å². The Labute approximate surface area is 232 Å². The molecule has 5 rings (SSSR count). The summed E-state index contributed by atoms with van der Waals surface area (Å²) in [5, 5.41) is 3.76. The fourth-order valence-electron chi connectivity index (χ4n) is 4.54. The predicted molar refractivity (Wildman–Crippen MR) is 152 cm³/mol. The summed E-state index contributed by atoms with van der Waals surface area (Å²) in [5.74, 6) is 1.30. The predicted octanol–water partition coefficient (Wildman–Crippen LogP) is 8.00. The van der Waals surface area contributed by atoms with Crippen molar-refractivity contribution in [1.82, 2.24) is 4.90 Å². The summed E-state index contributed by atoms with van der Waals surface area (Å²) in [4.78, 5) is 27.7. The van der Waals surface area contributed by atoms with E-state index in [1.807, 2.05) is 54.6 Å². The number of halogens is 2. The van der Waals surface area contributed by atoms with E-state index in [2.05, 4.69) is 26.1 Å². The summed E-state index contributed by atoms with van der Waals surface area (Å²) in [6, 6.07) is 22.2. The SMILES string of the molecule is CC(C)(C)c1ccc(C(=O)Nc2cccc(-c3cc4c(o3)CCN(C(=O)c3ccc(Cl)c(Cl)c3)C4)c2)cc1. The van der Waals surface area contributed by atoms with E-state index in [0.717, 1.165) is 16.9 Å². The molecule has 5 nitrogen and oxygen atoms in total. The van der Waals surface area contributed by atoms with Crippen molar-refractivity contribution >= 4 is 40.7 Å². The van der Waals surface area contributed by atoms with E-state index in [4.69, 9.17) is 27.6 Å². The molecule has 0 radical (unpaired) electrons. The van der Waals surface area contributed by atoms with Gasteiger partial charge in [0.2, 0.25) is 0 Å². The highest BCUT2D eigenvalue weighted by Crippen LogP contribution is 2.32. The average molecular weight is 547 g/mol. The third-order valence-electron chi connectivity index (χ3n) is 6.74. The van der Waals surface area contributed by atoms with Crippen molar-refractivity contribution in [3.8, 4) is 11.3 Å². The van der Waals surface area contributed by atoms with Crippen LogP contribution in [0.4, 0.5) is 5.69 Å². The molecule has 2 amide bonds. The smallest absolute Gasteiger partial charge is 0.255 e. The van der Waals surface area contributed by atoms with Crippen molar-refractivity contribution in [3.63, 3.8) is 0 Å². The topological polar surface area (TPSA) is 62.6 Å². The van der Waals surface area contributed by atoms with E-state index < -0.39 is 0 Å². The van der Waals surface area contributed by atoms with Gasteiger partial charge in [-0.3, -0.25) is 9.59 Å². The number of nitrogens with one attached hydrogen (secondary N) is 1. The minimum atomic E-state index is -0.169. The number of hydrogen-bond acceptors (Lipinski definition) is 3. The Balaban J connectivity index is 1.30. The van der Waals surface area contributed by atoms with Crippen LogP contribution >= 0.6 is 23.2 Å². The molecular weight excluding hydrogens is 519 g/mol. The van der Waals surface area contributed by atoms with Crippen LogP contribution in [0.5, 0.6) is 0 Å². The summed E-state index contributed by atoms with van der Waals surface area (Å²) in [6.45, 7) is 7.42. The van der Waals surface area contributed by atoms with Crippen molar-refractivity contribution in [2.45, 2.75) is 39.2 Å². The lowest BCUT2D eigenvalue weighted by molar-refractivity contribution is 0.0730. The zero-order valence-electron chi connectivity index (χ0n) is 21.5. The molecule has 1 aliphatic rings. The second kappa shape index (κ2) is 10.3. The van der Waals surface area contributed by atoms with Crippen LogP contribution in [0.1, 0.15) is 58.4 Å². The van der Waals surface area contributed by atoms with Gasteiger partial charge in [-0.2, -0.15) is 0 Å². The van der Waals surface area contributed by atoms with Crippen molar-refractivity contribution in [1.29, 1.82) is 0 Å². The number of rotatable bonds is 4. The van der Waals surface area contributed by atoms with Crippen LogP contribution in [-0.2, 0) is 18.4 Å². The fraction of sp³-hybridized carbons (Fsp3) is 0.226. The van der Waals surface area contributed by atoms with Crippen molar-refractivity contribution in [2.24, 2.45) is 0 Å². The third kappa shape index (κ3) is 5.50. The first-order valence-corrected chi connectivity index (χ1v) is 13.2. The number of anilines is 1. The highest BCUT2D eigenvalue weighted by atomic mass is 35.5. The first-order chi connectivity index (χ1) is 18.1. The van der Waals surface area contributed by atoms with Crippen LogP contribution in [0.2, 0.25) is 10.0 Å². The second-order valence-electron chi connectivity index (χ2n) is 10.5. The molecule has 0 bridgehead atoms. The number of amides is 2. The summed E-state index contributed by atoms with van der Waals surface area (Å²) in [7, 11) is 0. The maximum Gasteiger partial charge on any atom is 0.255 e. The van der Waals surface area contributed by atoms with Crippen LogP contribution in [0, 0.1) is 0 Å². The van der Waals surface area contributed by atoms with Gasteiger partial charge >= 0.3 is 0 Å². The molecule has 1 aliphatic heterocycles. The molecule has 0 atom stereocenters. The largest absolute Gasteiger partial charge is 0.461 e. The maximum absolute atomic E-state index is 13.0. The molecule has 4 aromatic rings. The Morgan fingerprint density at radius 3 is 2.34 bits per heavy atom. The Hall–Kier alpha value is -3.54. The lowest BCUT2D eigenvalue weighted by Gasteiger charge is -2.26. The van der Waals surface area contributed by atoms with E-state index in [1.165, 1.54) is 5.56 Å². The standard InChI is InChI=1S/C31H28Cl2N2O3/c1-31(2,3)23-10-7-19(8-11-23)29(36)34-24-6-4-5-20(15-24)28-17-22-18-35(14-13-27(22)38-28)30(37)21-9-12-25(32)26(33)16-21/h4-12,15-17H,13-14,18H2,1-3H3,(H,34,36). The molecule has 0 saturated heterocycles. The van der Waals surface area contributed by atoms with E-state index in [-0.39, 0.29) is 17.2 Å². The normalized spacial score (nSPS) is 13.2. The molecule has 0 fully saturated rings. The summed E-state index contributed by atoms with van der Waals surface area (Å²) >= 11 is 12.1. The van der Waals surface area contributed by atoms with Gasteiger partial charge < -0.3 is 14.6 Å². The molecule has 0 saturated carbocycles. The molecule has 38 heavy (non-hydrogen) atoms. The lowest BCUT2D eigenvalue weighted by Crippen LogP contribution is -2.35. The zero-order chi connectivity index (χ0) is 27.0. The summed E-state index contributed by atoms with van der Waals surface area (Å²) < 4.78 is 6.16. The van der Waals surface area contributed by atoms with Gasteiger partial charge in [0.15, 0.2) is 0 Å². The first kappa shape index (κ1) is 26.1. The minimum absolute atomic E-state index is 0.0272. The minimum Gasteiger partial charge on any atom is -0.461 e. The van der Waals surface area contributed by atoms with Crippen LogP contribution in [0.15, 0.2) is 77.2 Å². The van der Waals surface area contributed by atoms with Gasteiger partial charge in [-0.1, -0.05) is 68.2 Å². The summed E-state index contributed by atoms with van der Waals surface area (Å²) in [6.07, 6.45) is 0.614.